The summed E-state index contributed by atoms with van der Waals surface area (Å²) in [6.45, 7) is 4.05. The fourth-order valence-corrected chi connectivity index (χ4v) is 1.40. The molecule has 0 radical (unpaired) electrons. The molecule has 0 saturated carbocycles. The Bertz CT molecular complexity index is 323. The van der Waals surface area contributed by atoms with Crippen molar-refractivity contribution in [3.05, 3.63) is 34.9 Å². The number of rotatable bonds is 3. The van der Waals surface area contributed by atoms with Crippen LogP contribution in [0.2, 0.25) is 5.02 Å². The lowest BCUT2D eigenvalue weighted by molar-refractivity contribution is 0.546. The van der Waals surface area contributed by atoms with Crippen molar-refractivity contribution in [1.82, 2.24) is 5.32 Å². The molecule has 0 aliphatic carbocycles. The van der Waals surface area contributed by atoms with E-state index < -0.39 is 0 Å². The Morgan fingerprint density at radius 2 is 1.86 bits per heavy atom. The van der Waals surface area contributed by atoms with Crippen LogP contribution in [0.3, 0.4) is 0 Å². The van der Waals surface area contributed by atoms with E-state index in [1.54, 1.807) is 0 Å². The van der Waals surface area contributed by atoms with Gasteiger partial charge in [-0.3, -0.25) is 5.32 Å². The van der Waals surface area contributed by atoms with E-state index in [9.17, 15) is 0 Å². The van der Waals surface area contributed by atoms with E-state index in [2.05, 4.69) is 18.2 Å². The molecule has 0 spiro atoms. The van der Waals surface area contributed by atoms with Crippen molar-refractivity contribution in [3.8, 4) is 12.3 Å². The average Bonchev–Trinajstić information content (AvgIpc) is 2.18. The molecule has 1 N–H and O–H groups in total. The molecule has 0 amide bonds. The molecule has 0 bridgehead atoms. The van der Waals surface area contributed by atoms with Crippen molar-refractivity contribution in [2.24, 2.45) is 0 Å². The van der Waals surface area contributed by atoms with Gasteiger partial charge in [0.25, 0.3) is 0 Å². The molecule has 2 heteroatoms. The summed E-state index contributed by atoms with van der Waals surface area (Å²) in [4.78, 5) is 0. The molecule has 14 heavy (non-hydrogen) atoms. The standard InChI is InChI=1S/C12H14ClN/c1-4-9(2)14-10(3)11-5-7-12(13)8-6-11/h1,5-10,14H,2-3H3/t9?,10-/m1/s1. The highest BCUT2D eigenvalue weighted by Gasteiger charge is 2.06. The first-order valence-corrected chi connectivity index (χ1v) is 4.99. The fourth-order valence-electron chi connectivity index (χ4n) is 1.27. The van der Waals surface area contributed by atoms with Crippen molar-refractivity contribution >= 4 is 11.6 Å². The minimum Gasteiger partial charge on any atom is -0.297 e. The van der Waals surface area contributed by atoms with Gasteiger partial charge in [-0.15, -0.1) is 6.42 Å². The van der Waals surface area contributed by atoms with Crippen molar-refractivity contribution in [3.63, 3.8) is 0 Å². The molecule has 2 atom stereocenters. The summed E-state index contributed by atoms with van der Waals surface area (Å²) in [6.07, 6.45) is 5.29. The summed E-state index contributed by atoms with van der Waals surface area (Å²) >= 11 is 5.80. The molecule has 0 aliphatic heterocycles. The second-order valence-corrected chi connectivity index (χ2v) is 3.76. The molecule has 0 fully saturated rings. The monoisotopic (exact) mass is 207 g/mol. The second-order valence-electron chi connectivity index (χ2n) is 3.33. The van der Waals surface area contributed by atoms with Crippen LogP contribution in [0.1, 0.15) is 25.5 Å². The van der Waals surface area contributed by atoms with Gasteiger partial charge in [0.05, 0.1) is 6.04 Å². The summed E-state index contributed by atoms with van der Waals surface area (Å²) in [5.74, 6) is 2.64. The van der Waals surface area contributed by atoms with Crippen LogP contribution in [-0.4, -0.2) is 6.04 Å². The van der Waals surface area contributed by atoms with E-state index in [1.807, 2.05) is 31.2 Å². The van der Waals surface area contributed by atoms with E-state index in [1.165, 1.54) is 5.56 Å². The van der Waals surface area contributed by atoms with Gasteiger partial charge in [0.1, 0.15) is 0 Å². The smallest absolute Gasteiger partial charge is 0.0662 e. The van der Waals surface area contributed by atoms with Gasteiger partial charge >= 0.3 is 0 Å². The van der Waals surface area contributed by atoms with Gasteiger partial charge in [-0.05, 0) is 31.5 Å². The van der Waals surface area contributed by atoms with E-state index in [0.717, 1.165) is 5.02 Å². The predicted octanol–water partition coefficient (Wildman–Crippen LogP) is 3.01. The topological polar surface area (TPSA) is 12.0 Å². The van der Waals surface area contributed by atoms with Crippen LogP contribution in [0.4, 0.5) is 0 Å². The Hall–Kier alpha value is -0.970. The number of hydrogen-bond donors (Lipinski definition) is 1. The van der Waals surface area contributed by atoms with Gasteiger partial charge in [0.15, 0.2) is 0 Å². The van der Waals surface area contributed by atoms with Crippen LogP contribution >= 0.6 is 11.6 Å². The first-order valence-electron chi connectivity index (χ1n) is 4.61. The number of benzene rings is 1. The van der Waals surface area contributed by atoms with E-state index in [4.69, 9.17) is 18.0 Å². The summed E-state index contributed by atoms with van der Waals surface area (Å²) in [7, 11) is 0. The fraction of sp³-hybridized carbons (Fsp3) is 0.333. The van der Waals surface area contributed by atoms with Gasteiger partial charge in [-0.25, -0.2) is 0 Å². The minimum atomic E-state index is 0.0840. The zero-order valence-corrected chi connectivity index (χ0v) is 9.18. The summed E-state index contributed by atoms with van der Waals surface area (Å²) in [6, 6.07) is 8.11. The summed E-state index contributed by atoms with van der Waals surface area (Å²) in [5.41, 5.74) is 1.19. The lowest BCUT2D eigenvalue weighted by Crippen LogP contribution is -2.27. The molecule has 0 aliphatic rings. The predicted molar refractivity (Wildman–Crippen MR) is 61.3 cm³/mol. The third kappa shape index (κ3) is 3.06. The molecule has 0 heterocycles. The number of terminal acetylenes is 1. The van der Waals surface area contributed by atoms with Gasteiger partial charge in [-0.1, -0.05) is 29.7 Å². The summed E-state index contributed by atoms with van der Waals surface area (Å²) in [5, 5.41) is 4.04. The van der Waals surface area contributed by atoms with Crippen LogP contribution in [-0.2, 0) is 0 Å². The van der Waals surface area contributed by atoms with Gasteiger partial charge < -0.3 is 0 Å². The first-order chi connectivity index (χ1) is 6.63. The number of halogens is 1. The SMILES string of the molecule is C#CC(C)N[C@H](C)c1ccc(Cl)cc1. The zero-order chi connectivity index (χ0) is 10.6. The van der Waals surface area contributed by atoms with Gasteiger partial charge in [0.2, 0.25) is 0 Å². The molecule has 1 aromatic carbocycles. The van der Waals surface area contributed by atoms with Crippen LogP contribution in [0, 0.1) is 12.3 Å². The van der Waals surface area contributed by atoms with Crippen molar-refractivity contribution in [2.45, 2.75) is 25.9 Å². The normalized spacial score (nSPS) is 14.4. The zero-order valence-electron chi connectivity index (χ0n) is 8.42. The lowest BCUT2D eigenvalue weighted by atomic mass is 10.1. The molecule has 1 nitrogen and oxygen atoms in total. The van der Waals surface area contributed by atoms with E-state index in [-0.39, 0.29) is 12.1 Å². The van der Waals surface area contributed by atoms with Crippen molar-refractivity contribution in [2.75, 3.05) is 0 Å². The molecule has 0 saturated heterocycles. The average molecular weight is 208 g/mol. The van der Waals surface area contributed by atoms with Gasteiger partial charge in [0, 0.05) is 11.1 Å². The third-order valence-electron chi connectivity index (χ3n) is 2.12. The van der Waals surface area contributed by atoms with Crippen LogP contribution in [0.25, 0.3) is 0 Å². The largest absolute Gasteiger partial charge is 0.297 e. The third-order valence-corrected chi connectivity index (χ3v) is 2.37. The van der Waals surface area contributed by atoms with Crippen LogP contribution in [0.5, 0.6) is 0 Å². The molecule has 0 aromatic heterocycles. The quantitative estimate of drug-likeness (QED) is 0.752. The maximum absolute atomic E-state index is 5.80. The summed E-state index contributed by atoms with van der Waals surface area (Å²) < 4.78 is 0. The number of nitrogens with one attached hydrogen (secondary N) is 1. The van der Waals surface area contributed by atoms with Crippen LogP contribution < -0.4 is 5.32 Å². The lowest BCUT2D eigenvalue weighted by Gasteiger charge is -2.16. The maximum atomic E-state index is 5.80. The Morgan fingerprint density at radius 3 is 2.36 bits per heavy atom. The molecule has 1 unspecified atom stereocenters. The number of hydrogen-bond acceptors (Lipinski definition) is 1. The Labute approximate surface area is 90.5 Å². The highest BCUT2D eigenvalue weighted by Crippen LogP contribution is 2.16. The van der Waals surface area contributed by atoms with E-state index in [0.29, 0.717) is 0 Å². The maximum Gasteiger partial charge on any atom is 0.0662 e. The Kier molecular flexibility index (Phi) is 4.00. The minimum absolute atomic E-state index is 0.0840. The Balaban J connectivity index is 2.66. The molecule has 1 rings (SSSR count). The highest BCUT2D eigenvalue weighted by atomic mass is 35.5. The molecular weight excluding hydrogens is 194 g/mol. The Morgan fingerprint density at radius 1 is 1.29 bits per heavy atom. The molecule has 74 valence electrons. The molecular formula is C12H14ClN. The first kappa shape index (κ1) is 11.1. The van der Waals surface area contributed by atoms with E-state index >= 15 is 0 Å². The van der Waals surface area contributed by atoms with Crippen molar-refractivity contribution < 1.29 is 0 Å². The van der Waals surface area contributed by atoms with Gasteiger partial charge in [-0.2, -0.15) is 0 Å². The second kappa shape index (κ2) is 5.05. The van der Waals surface area contributed by atoms with Crippen molar-refractivity contribution in [1.29, 1.82) is 0 Å². The highest BCUT2D eigenvalue weighted by molar-refractivity contribution is 6.30. The molecule has 1 aromatic rings. The van der Waals surface area contributed by atoms with Crippen LogP contribution in [0.15, 0.2) is 24.3 Å².